The topological polar surface area (TPSA) is 6.25 Å². The molecule has 6 atom stereocenters. The maximum absolute atomic E-state index is 4.01. The lowest BCUT2D eigenvalue weighted by molar-refractivity contribution is -0.572. The van der Waals surface area contributed by atoms with Gasteiger partial charge in [0.2, 0.25) is 6.34 Å². The second-order valence-electron chi connectivity index (χ2n) is 8.67. The molecule has 0 aromatic rings. The highest BCUT2D eigenvalue weighted by Gasteiger charge is 2.44. The van der Waals surface area contributed by atoms with Crippen LogP contribution in [0.5, 0.6) is 0 Å². The first kappa shape index (κ1) is 18.2. The summed E-state index contributed by atoms with van der Waals surface area (Å²) in [4.78, 5) is 4.02. The number of halogens is 2. The molecule has 4 heteroatoms. The maximum Gasteiger partial charge on any atom is 0.234 e. The molecule has 0 N–H and O–H groups in total. The van der Waals surface area contributed by atoms with Crippen molar-refractivity contribution >= 4 is 38.2 Å². The van der Waals surface area contributed by atoms with E-state index in [2.05, 4.69) is 75.4 Å². The van der Waals surface area contributed by atoms with Gasteiger partial charge >= 0.3 is 0 Å². The van der Waals surface area contributed by atoms with Gasteiger partial charge in [-0.25, -0.2) is 0 Å². The van der Waals surface area contributed by atoms with Gasteiger partial charge in [-0.1, -0.05) is 59.6 Å². The Morgan fingerprint density at radius 1 is 0.913 bits per heavy atom. The molecule has 2 fully saturated rings. The van der Waals surface area contributed by atoms with Gasteiger partial charge in [0.25, 0.3) is 0 Å². The van der Waals surface area contributed by atoms with E-state index in [1.807, 2.05) is 0 Å². The summed E-state index contributed by atoms with van der Waals surface area (Å²) in [5.74, 6) is 3.21. The average molecular weight is 449 g/mol. The van der Waals surface area contributed by atoms with Gasteiger partial charge in [0.15, 0.2) is 0 Å². The number of nitrogens with zero attached hydrogens (tertiary/aromatic N) is 2. The zero-order valence-corrected chi connectivity index (χ0v) is 18.3. The molecule has 23 heavy (non-hydrogen) atoms. The van der Waals surface area contributed by atoms with Crippen molar-refractivity contribution in [3.63, 3.8) is 0 Å². The third-order valence-corrected chi connectivity index (χ3v) is 8.12. The molecule has 3 aliphatic rings. The lowest BCUT2D eigenvalue weighted by Gasteiger charge is -2.38. The normalized spacial score (nSPS) is 48.4. The standard InChI is InChI=1S/C19H33Br2N2/c1-12-7-13(2)19(17(21)8-12)23-6-5-22(11-23)18-14(3)9-16(20)10-15(18)4/h11-19H,5-10H2,1-4H3/q+1. The van der Waals surface area contributed by atoms with Crippen LogP contribution >= 0.6 is 31.9 Å². The molecule has 3 rings (SSSR count). The van der Waals surface area contributed by atoms with Crippen LogP contribution in [0, 0.1) is 23.7 Å². The van der Waals surface area contributed by atoms with Gasteiger partial charge in [0.05, 0.1) is 4.83 Å². The molecule has 0 aromatic carbocycles. The van der Waals surface area contributed by atoms with Gasteiger partial charge in [-0.05, 0) is 49.4 Å². The Kier molecular flexibility index (Phi) is 5.83. The third-order valence-electron chi connectivity index (χ3n) is 6.46. The van der Waals surface area contributed by atoms with Gasteiger partial charge in [-0.3, -0.25) is 9.48 Å². The van der Waals surface area contributed by atoms with E-state index in [1.54, 1.807) is 0 Å². The molecule has 0 aromatic heterocycles. The summed E-state index contributed by atoms with van der Waals surface area (Å²) >= 11 is 7.86. The van der Waals surface area contributed by atoms with Crippen molar-refractivity contribution < 1.29 is 4.58 Å². The van der Waals surface area contributed by atoms with Gasteiger partial charge in [-0.15, -0.1) is 0 Å². The monoisotopic (exact) mass is 447 g/mol. The predicted octanol–water partition coefficient (Wildman–Crippen LogP) is 4.74. The molecular formula is C19H33Br2N2+. The van der Waals surface area contributed by atoms with E-state index in [9.17, 15) is 0 Å². The Morgan fingerprint density at radius 3 is 2.17 bits per heavy atom. The van der Waals surface area contributed by atoms with E-state index in [0.717, 1.165) is 29.7 Å². The maximum atomic E-state index is 4.01. The molecule has 0 amide bonds. The van der Waals surface area contributed by atoms with Crippen molar-refractivity contribution in [2.75, 3.05) is 13.1 Å². The smallest absolute Gasteiger partial charge is 0.234 e. The van der Waals surface area contributed by atoms with E-state index in [4.69, 9.17) is 0 Å². The summed E-state index contributed by atoms with van der Waals surface area (Å²) in [5.41, 5.74) is 0. The molecule has 2 aliphatic carbocycles. The lowest BCUT2D eigenvalue weighted by atomic mass is 9.78. The second kappa shape index (κ2) is 7.35. The Morgan fingerprint density at radius 2 is 1.57 bits per heavy atom. The molecule has 2 saturated carbocycles. The quantitative estimate of drug-likeness (QED) is 0.436. The molecule has 6 unspecified atom stereocenters. The van der Waals surface area contributed by atoms with Crippen molar-refractivity contribution in [3.8, 4) is 0 Å². The number of hydrogen-bond donors (Lipinski definition) is 0. The fraction of sp³-hybridized carbons (Fsp3) is 0.947. The molecule has 0 spiro atoms. The zero-order chi connectivity index (χ0) is 16.7. The SMILES string of the molecule is CC1CC(C)C(N2C=[N+](C3C(C)CC(Br)CC3C)CC2)C(Br)C1. The number of alkyl halides is 2. The Labute approximate surface area is 159 Å². The summed E-state index contributed by atoms with van der Waals surface area (Å²) in [6.07, 6.45) is 7.83. The fourth-order valence-electron chi connectivity index (χ4n) is 5.67. The number of hydrogen-bond acceptors (Lipinski definition) is 1. The van der Waals surface area contributed by atoms with Gasteiger partial charge < -0.3 is 0 Å². The van der Waals surface area contributed by atoms with E-state index in [-0.39, 0.29) is 0 Å². The second-order valence-corrected chi connectivity index (χ2v) is 11.1. The summed E-state index contributed by atoms with van der Waals surface area (Å²) in [6, 6.07) is 1.40. The average Bonchev–Trinajstić information content (AvgIpc) is 2.85. The summed E-state index contributed by atoms with van der Waals surface area (Å²) in [7, 11) is 0. The fourth-order valence-corrected chi connectivity index (χ4v) is 8.31. The van der Waals surface area contributed by atoms with Crippen LogP contribution in [0.4, 0.5) is 0 Å². The molecule has 2 nitrogen and oxygen atoms in total. The molecule has 1 heterocycles. The van der Waals surface area contributed by atoms with Crippen molar-refractivity contribution in [2.45, 2.75) is 75.1 Å². The van der Waals surface area contributed by atoms with Crippen molar-refractivity contribution in [3.05, 3.63) is 0 Å². The minimum absolute atomic E-state index is 0.644. The minimum Gasteiger partial charge on any atom is -0.261 e. The van der Waals surface area contributed by atoms with Crippen molar-refractivity contribution in [2.24, 2.45) is 23.7 Å². The van der Waals surface area contributed by atoms with Gasteiger partial charge in [0.1, 0.15) is 25.2 Å². The largest absolute Gasteiger partial charge is 0.261 e. The van der Waals surface area contributed by atoms with Crippen LogP contribution in [0.1, 0.15) is 53.4 Å². The van der Waals surface area contributed by atoms with Gasteiger partial charge in [-0.2, -0.15) is 0 Å². The summed E-state index contributed by atoms with van der Waals surface area (Å²) in [6.45, 7) is 12.2. The lowest BCUT2D eigenvalue weighted by Crippen LogP contribution is -2.48. The first-order valence-electron chi connectivity index (χ1n) is 9.51. The predicted molar refractivity (Wildman–Crippen MR) is 106 cm³/mol. The Hall–Kier alpha value is 0.430. The minimum atomic E-state index is 0.644. The molecule has 1 aliphatic heterocycles. The van der Waals surface area contributed by atoms with Gasteiger partial charge in [0, 0.05) is 4.83 Å². The summed E-state index contributed by atoms with van der Waals surface area (Å²) in [5, 5.41) is 0. The molecule has 0 bridgehead atoms. The van der Waals surface area contributed by atoms with Crippen LogP contribution in [0.2, 0.25) is 0 Å². The Bertz CT molecular complexity index is 429. The first-order valence-corrected chi connectivity index (χ1v) is 11.3. The van der Waals surface area contributed by atoms with E-state index in [1.165, 1.54) is 38.8 Å². The Balaban J connectivity index is 1.73. The summed E-state index contributed by atoms with van der Waals surface area (Å²) < 4.78 is 2.68. The van der Waals surface area contributed by atoms with E-state index < -0.39 is 0 Å². The van der Waals surface area contributed by atoms with Crippen molar-refractivity contribution in [1.29, 1.82) is 0 Å². The zero-order valence-electron chi connectivity index (χ0n) is 15.1. The van der Waals surface area contributed by atoms with Crippen LogP contribution in [-0.4, -0.2) is 50.6 Å². The van der Waals surface area contributed by atoms with Crippen LogP contribution in [-0.2, 0) is 0 Å². The van der Waals surface area contributed by atoms with Crippen LogP contribution in [0.3, 0.4) is 0 Å². The molecular weight excluding hydrogens is 416 g/mol. The highest BCUT2D eigenvalue weighted by atomic mass is 79.9. The highest BCUT2D eigenvalue weighted by molar-refractivity contribution is 9.09. The highest BCUT2D eigenvalue weighted by Crippen LogP contribution is 2.38. The first-order chi connectivity index (χ1) is 10.9. The molecule has 0 saturated heterocycles. The molecule has 0 radical (unpaired) electrons. The van der Waals surface area contributed by atoms with Crippen LogP contribution in [0.15, 0.2) is 0 Å². The third kappa shape index (κ3) is 3.83. The van der Waals surface area contributed by atoms with Crippen LogP contribution in [0.25, 0.3) is 0 Å². The van der Waals surface area contributed by atoms with Crippen LogP contribution < -0.4 is 0 Å². The van der Waals surface area contributed by atoms with Crippen molar-refractivity contribution in [1.82, 2.24) is 4.90 Å². The van der Waals surface area contributed by atoms with E-state index >= 15 is 0 Å². The molecule has 132 valence electrons. The van der Waals surface area contributed by atoms with E-state index in [0.29, 0.717) is 15.7 Å². The number of rotatable bonds is 2.